The van der Waals surface area contributed by atoms with Crippen molar-refractivity contribution in [3.8, 4) is 0 Å². The molecule has 0 spiro atoms. The van der Waals surface area contributed by atoms with E-state index in [1.807, 2.05) is 13.8 Å². The molecular formula is C13H17Cl2NO. The molecule has 2 nitrogen and oxygen atoms in total. The number of halogens is 2. The molecule has 0 saturated heterocycles. The average molecular weight is 274 g/mol. The van der Waals surface area contributed by atoms with Gasteiger partial charge in [-0.15, -0.1) is 0 Å². The van der Waals surface area contributed by atoms with Crippen molar-refractivity contribution >= 4 is 29.0 Å². The predicted octanol–water partition coefficient (Wildman–Crippen LogP) is 3.48. The minimum atomic E-state index is -0.435. The Bertz CT molecular complexity index is 406. The molecule has 0 aromatic heterocycles. The van der Waals surface area contributed by atoms with Crippen molar-refractivity contribution in [1.29, 1.82) is 0 Å². The summed E-state index contributed by atoms with van der Waals surface area (Å²) in [5.74, 6) is 0.184. The van der Waals surface area contributed by atoms with Crippen molar-refractivity contribution in [3.05, 3.63) is 33.8 Å². The molecule has 2 unspecified atom stereocenters. The quantitative estimate of drug-likeness (QED) is 0.893. The molecular weight excluding hydrogens is 257 g/mol. The van der Waals surface area contributed by atoms with Gasteiger partial charge in [-0.3, -0.25) is 4.79 Å². The maximum Gasteiger partial charge on any atom is 0.154 e. The number of carbonyl (C=O) groups excluding carboxylic acids is 1. The summed E-state index contributed by atoms with van der Waals surface area (Å²) in [6, 6.07) is 4.85. The van der Waals surface area contributed by atoms with E-state index in [0.717, 1.165) is 12.0 Å². The third-order valence-corrected chi connectivity index (χ3v) is 3.88. The molecule has 0 aliphatic carbocycles. The zero-order chi connectivity index (χ0) is 13.0. The van der Waals surface area contributed by atoms with Gasteiger partial charge in [-0.25, -0.2) is 0 Å². The van der Waals surface area contributed by atoms with Gasteiger partial charge in [0.25, 0.3) is 0 Å². The van der Waals surface area contributed by atoms with Gasteiger partial charge in [-0.1, -0.05) is 55.6 Å². The molecule has 1 aromatic carbocycles. The maximum absolute atomic E-state index is 11.9. The lowest BCUT2D eigenvalue weighted by atomic mass is 9.93. The highest BCUT2D eigenvalue weighted by Gasteiger charge is 2.20. The minimum Gasteiger partial charge on any atom is -0.321 e. The fraction of sp³-hybridized carbons (Fsp3) is 0.462. The first kappa shape index (κ1) is 14.5. The van der Waals surface area contributed by atoms with Crippen molar-refractivity contribution in [1.82, 2.24) is 0 Å². The van der Waals surface area contributed by atoms with E-state index in [0.29, 0.717) is 10.0 Å². The Kier molecular flexibility index (Phi) is 5.44. The van der Waals surface area contributed by atoms with E-state index < -0.39 is 6.04 Å². The fourth-order valence-corrected chi connectivity index (χ4v) is 1.95. The topological polar surface area (TPSA) is 43.1 Å². The van der Waals surface area contributed by atoms with Gasteiger partial charge in [0.2, 0.25) is 0 Å². The molecule has 0 heterocycles. The first-order valence-corrected chi connectivity index (χ1v) is 6.44. The summed E-state index contributed by atoms with van der Waals surface area (Å²) in [7, 11) is 0. The van der Waals surface area contributed by atoms with Gasteiger partial charge in [-0.2, -0.15) is 0 Å². The Balaban J connectivity index is 2.78. The summed E-state index contributed by atoms with van der Waals surface area (Å²) in [5, 5.41) is 0.910. The Morgan fingerprint density at radius 1 is 1.41 bits per heavy atom. The van der Waals surface area contributed by atoms with Crippen LogP contribution in [0.25, 0.3) is 0 Å². The maximum atomic E-state index is 11.9. The number of hydrogen-bond acceptors (Lipinski definition) is 2. The van der Waals surface area contributed by atoms with Gasteiger partial charge in [0.1, 0.15) is 0 Å². The van der Waals surface area contributed by atoms with E-state index in [-0.39, 0.29) is 18.1 Å². The molecule has 4 heteroatoms. The van der Waals surface area contributed by atoms with Gasteiger partial charge in [0.05, 0.1) is 16.1 Å². The smallest absolute Gasteiger partial charge is 0.154 e. The molecule has 0 aliphatic heterocycles. The molecule has 2 N–H and O–H groups in total. The minimum absolute atomic E-state index is 0.00326. The molecule has 1 aromatic rings. The summed E-state index contributed by atoms with van der Waals surface area (Å²) in [5.41, 5.74) is 6.62. The number of ketones is 1. The summed E-state index contributed by atoms with van der Waals surface area (Å²) < 4.78 is 0. The second-order valence-corrected chi connectivity index (χ2v) is 5.05. The third-order valence-electron chi connectivity index (χ3n) is 3.03. The number of nitrogens with two attached hydrogens (primary N) is 1. The molecule has 0 aliphatic rings. The Morgan fingerprint density at radius 3 is 2.65 bits per heavy atom. The SMILES string of the molecule is CCC(C)C(N)C(=O)Cc1cccc(Cl)c1Cl. The molecule has 1 rings (SSSR count). The zero-order valence-corrected chi connectivity index (χ0v) is 11.6. The van der Waals surface area contributed by atoms with Crippen LogP contribution in [0.4, 0.5) is 0 Å². The molecule has 0 amide bonds. The number of Topliss-reactive ketones (excluding diaryl/α,β-unsaturated/α-hetero) is 1. The van der Waals surface area contributed by atoms with Crippen LogP contribution in [-0.4, -0.2) is 11.8 Å². The Morgan fingerprint density at radius 2 is 2.06 bits per heavy atom. The zero-order valence-electron chi connectivity index (χ0n) is 10.0. The van der Waals surface area contributed by atoms with Crippen LogP contribution < -0.4 is 5.73 Å². The summed E-state index contributed by atoms with van der Waals surface area (Å²) in [6.07, 6.45) is 1.13. The monoisotopic (exact) mass is 273 g/mol. The van der Waals surface area contributed by atoms with Crippen LogP contribution in [0, 0.1) is 5.92 Å². The summed E-state index contributed by atoms with van der Waals surface area (Å²) in [6.45, 7) is 3.99. The molecule has 94 valence electrons. The van der Waals surface area contributed by atoms with Crippen LogP contribution in [0.3, 0.4) is 0 Å². The predicted molar refractivity (Wildman–Crippen MR) is 72.6 cm³/mol. The van der Waals surface area contributed by atoms with Crippen LogP contribution in [0.2, 0.25) is 10.0 Å². The lowest BCUT2D eigenvalue weighted by molar-refractivity contribution is -0.120. The van der Waals surface area contributed by atoms with Crippen molar-refractivity contribution in [3.63, 3.8) is 0 Å². The lowest BCUT2D eigenvalue weighted by Crippen LogP contribution is -2.37. The molecule has 17 heavy (non-hydrogen) atoms. The second kappa shape index (κ2) is 6.39. The highest BCUT2D eigenvalue weighted by atomic mass is 35.5. The molecule has 2 atom stereocenters. The normalized spacial score (nSPS) is 14.4. The van der Waals surface area contributed by atoms with E-state index in [9.17, 15) is 4.79 Å². The van der Waals surface area contributed by atoms with Gasteiger partial charge in [0.15, 0.2) is 5.78 Å². The van der Waals surface area contributed by atoms with Crippen molar-refractivity contribution in [2.45, 2.75) is 32.7 Å². The highest BCUT2D eigenvalue weighted by Crippen LogP contribution is 2.26. The van der Waals surface area contributed by atoms with E-state index in [1.165, 1.54) is 0 Å². The summed E-state index contributed by atoms with van der Waals surface area (Å²) >= 11 is 11.9. The molecule has 0 fully saturated rings. The number of hydrogen-bond donors (Lipinski definition) is 1. The van der Waals surface area contributed by atoms with E-state index in [2.05, 4.69) is 0 Å². The van der Waals surface area contributed by atoms with Crippen molar-refractivity contribution < 1.29 is 4.79 Å². The van der Waals surface area contributed by atoms with Crippen LogP contribution >= 0.6 is 23.2 Å². The highest BCUT2D eigenvalue weighted by molar-refractivity contribution is 6.42. The molecule has 0 saturated carbocycles. The van der Waals surface area contributed by atoms with E-state index in [4.69, 9.17) is 28.9 Å². The first-order valence-electron chi connectivity index (χ1n) is 5.68. The van der Waals surface area contributed by atoms with Gasteiger partial charge in [0, 0.05) is 6.42 Å². The third kappa shape index (κ3) is 3.70. The Labute approximate surface area is 112 Å². The number of carbonyl (C=O) groups is 1. The van der Waals surface area contributed by atoms with Crippen molar-refractivity contribution in [2.24, 2.45) is 11.7 Å². The average Bonchev–Trinajstić information content (AvgIpc) is 2.32. The molecule has 0 bridgehead atoms. The van der Waals surface area contributed by atoms with E-state index in [1.54, 1.807) is 18.2 Å². The van der Waals surface area contributed by atoms with Crippen LogP contribution in [0.15, 0.2) is 18.2 Å². The second-order valence-electron chi connectivity index (χ2n) is 4.27. The van der Waals surface area contributed by atoms with Crippen LogP contribution in [-0.2, 0) is 11.2 Å². The standard InChI is InChI=1S/C13H17Cl2NO/c1-3-8(2)13(16)11(17)7-9-5-4-6-10(14)12(9)15/h4-6,8,13H,3,7,16H2,1-2H3. The first-order chi connectivity index (χ1) is 7.97. The van der Waals surface area contributed by atoms with Gasteiger partial charge < -0.3 is 5.73 Å². The number of benzene rings is 1. The molecule has 0 radical (unpaired) electrons. The fourth-order valence-electron chi connectivity index (χ4n) is 1.56. The Hall–Kier alpha value is -0.570. The van der Waals surface area contributed by atoms with E-state index >= 15 is 0 Å². The van der Waals surface area contributed by atoms with Crippen LogP contribution in [0.1, 0.15) is 25.8 Å². The van der Waals surface area contributed by atoms with Crippen molar-refractivity contribution in [2.75, 3.05) is 0 Å². The number of rotatable bonds is 5. The van der Waals surface area contributed by atoms with Crippen LogP contribution in [0.5, 0.6) is 0 Å². The van der Waals surface area contributed by atoms with Gasteiger partial charge >= 0.3 is 0 Å². The lowest BCUT2D eigenvalue weighted by Gasteiger charge is -2.17. The largest absolute Gasteiger partial charge is 0.321 e. The van der Waals surface area contributed by atoms with Gasteiger partial charge in [-0.05, 0) is 17.5 Å². The summed E-state index contributed by atoms with van der Waals surface area (Å²) in [4.78, 5) is 11.9.